The van der Waals surface area contributed by atoms with Crippen LogP contribution in [0.4, 0.5) is 11.8 Å². The van der Waals surface area contributed by atoms with Gasteiger partial charge in [0, 0.05) is 26.2 Å². The van der Waals surface area contributed by atoms with Crippen molar-refractivity contribution in [3.63, 3.8) is 0 Å². The molecule has 27 heavy (non-hydrogen) atoms. The number of nitrogens with zero attached hydrogens (tertiary/aromatic N) is 3. The van der Waals surface area contributed by atoms with Gasteiger partial charge in [0.1, 0.15) is 16.4 Å². The highest BCUT2D eigenvalue weighted by molar-refractivity contribution is 7.21. The van der Waals surface area contributed by atoms with E-state index in [1.165, 1.54) is 11.3 Å². The Bertz CT molecular complexity index is 989. The lowest BCUT2D eigenvalue weighted by atomic mass is 10.1. The van der Waals surface area contributed by atoms with Gasteiger partial charge in [0.15, 0.2) is 0 Å². The molecule has 140 valence electrons. The summed E-state index contributed by atoms with van der Waals surface area (Å²) in [6.45, 7) is 4.43. The number of benzene rings is 1. The van der Waals surface area contributed by atoms with Crippen LogP contribution in [0.2, 0.25) is 0 Å². The van der Waals surface area contributed by atoms with E-state index < -0.39 is 0 Å². The Balaban J connectivity index is 1.60. The number of H-pyrrole nitrogens is 1. The third-order valence-electron chi connectivity index (χ3n) is 4.85. The third-order valence-corrected chi connectivity index (χ3v) is 5.90. The summed E-state index contributed by atoms with van der Waals surface area (Å²) in [5, 5.41) is 7.35. The number of rotatable bonds is 4. The lowest BCUT2D eigenvalue weighted by Crippen LogP contribution is -2.51. The molecule has 0 aliphatic carbocycles. The number of thiazole rings is 1. The summed E-state index contributed by atoms with van der Waals surface area (Å²) in [5.74, 6) is 1.19. The quantitative estimate of drug-likeness (QED) is 0.623. The van der Waals surface area contributed by atoms with Gasteiger partial charge in [-0.25, -0.2) is 4.98 Å². The van der Waals surface area contributed by atoms with Crippen LogP contribution in [-0.2, 0) is 4.74 Å². The van der Waals surface area contributed by atoms with Crippen molar-refractivity contribution >= 4 is 33.3 Å². The average Bonchev–Trinajstić information content (AvgIpc) is 3.08. The molecule has 0 unspecified atom stereocenters. The molecule has 1 aromatic carbocycles. The van der Waals surface area contributed by atoms with Gasteiger partial charge in [-0.3, -0.25) is 9.78 Å². The number of anilines is 2. The van der Waals surface area contributed by atoms with E-state index in [4.69, 9.17) is 9.72 Å². The predicted octanol–water partition coefficient (Wildman–Crippen LogP) is 1.27. The Morgan fingerprint density at radius 3 is 2.74 bits per heavy atom. The first-order valence-electron chi connectivity index (χ1n) is 9.08. The number of morpholine rings is 1. The zero-order chi connectivity index (χ0) is 18.2. The second-order valence-electron chi connectivity index (χ2n) is 6.70. The number of nitrogens with one attached hydrogen (secondary N) is 3. The molecule has 0 spiro atoms. The summed E-state index contributed by atoms with van der Waals surface area (Å²) in [7, 11) is 0. The molecule has 9 heteroatoms. The summed E-state index contributed by atoms with van der Waals surface area (Å²) in [6, 6.07) is 8.18. The van der Waals surface area contributed by atoms with Crippen LogP contribution in [0.3, 0.4) is 0 Å². The van der Waals surface area contributed by atoms with Gasteiger partial charge in [-0.1, -0.05) is 12.1 Å². The maximum absolute atomic E-state index is 13.0. The molecule has 2 aromatic heterocycles. The number of hydrogen-bond acceptors (Lipinski definition) is 8. The Morgan fingerprint density at radius 2 is 2.00 bits per heavy atom. The zero-order valence-corrected chi connectivity index (χ0v) is 15.5. The molecule has 0 atom stereocenters. The maximum atomic E-state index is 13.0. The zero-order valence-electron chi connectivity index (χ0n) is 14.7. The van der Waals surface area contributed by atoms with Crippen molar-refractivity contribution in [2.45, 2.75) is 6.04 Å². The summed E-state index contributed by atoms with van der Waals surface area (Å²) in [4.78, 5) is 27.5. The summed E-state index contributed by atoms with van der Waals surface area (Å²) < 4.78 is 6.46. The first-order chi connectivity index (χ1) is 13.3. The SMILES string of the molecule is O=c1[nH]c(N2CCOCC2)nc(NC2CNC2)c1-c1nc2ccccc2s1. The molecule has 2 aliphatic rings. The second kappa shape index (κ2) is 6.91. The van der Waals surface area contributed by atoms with Crippen LogP contribution in [0, 0.1) is 0 Å². The molecule has 2 fully saturated rings. The fourth-order valence-corrected chi connectivity index (χ4v) is 4.26. The smallest absolute Gasteiger partial charge is 0.264 e. The fourth-order valence-electron chi connectivity index (χ4n) is 3.25. The van der Waals surface area contributed by atoms with E-state index in [0.29, 0.717) is 48.6 Å². The largest absolute Gasteiger partial charge is 0.378 e. The van der Waals surface area contributed by atoms with E-state index in [-0.39, 0.29) is 11.6 Å². The van der Waals surface area contributed by atoms with Gasteiger partial charge in [-0.05, 0) is 12.1 Å². The molecule has 3 N–H and O–H groups in total. The van der Waals surface area contributed by atoms with Crippen LogP contribution in [0.1, 0.15) is 0 Å². The lowest BCUT2D eigenvalue weighted by molar-refractivity contribution is 0.122. The molecule has 0 bridgehead atoms. The van der Waals surface area contributed by atoms with Gasteiger partial charge in [0.2, 0.25) is 5.95 Å². The normalized spacial score (nSPS) is 17.9. The molecule has 0 amide bonds. The molecule has 0 saturated carbocycles. The molecule has 5 rings (SSSR count). The van der Waals surface area contributed by atoms with Crippen molar-refractivity contribution in [3.05, 3.63) is 34.6 Å². The Hall–Kier alpha value is -2.49. The van der Waals surface area contributed by atoms with E-state index in [0.717, 1.165) is 23.3 Å². The van der Waals surface area contributed by atoms with Gasteiger partial charge >= 0.3 is 0 Å². The van der Waals surface area contributed by atoms with Crippen LogP contribution in [0.5, 0.6) is 0 Å². The topological polar surface area (TPSA) is 95.2 Å². The molecule has 8 nitrogen and oxygen atoms in total. The minimum Gasteiger partial charge on any atom is -0.378 e. The average molecular weight is 384 g/mol. The van der Waals surface area contributed by atoms with E-state index >= 15 is 0 Å². The van der Waals surface area contributed by atoms with Crippen LogP contribution < -0.4 is 21.1 Å². The first kappa shape index (κ1) is 16.7. The van der Waals surface area contributed by atoms with Crippen molar-refractivity contribution < 1.29 is 4.74 Å². The highest BCUT2D eigenvalue weighted by Crippen LogP contribution is 2.32. The van der Waals surface area contributed by atoms with Crippen molar-refractivity contribution in [2.75, 3.05) is 49.6 Å². The molecule has 4 heterocycles. The van der Waals surface area contributed by atoms with E-state index in [2.05, 4.69) is 25.5 Å². The monoisotopic (exact) mass is 384 g/mol. The molecule has 2 saturated heterocycles. The van der Waals surface area contributed by atoms with Gasteiger partial charge in [0.05, 0.1) is 29.5 Å². The number of para-hydroxylation sites is 1. The highest BCUT2D eigenvalue weighted by atomic mass is 32.1. The van der Waals surface area contributed by atoms with Gasteiger partial charge < -0.3 is 20.3 Å². The van der Waals surface area contributed by atoms with Crippen LogP contribution in [-0.4, -0.2) is 60.4 Å². The molecule has 3 aromatic rings. The summed E-state index contributed by atoms with van der Waals surface area (Å²) in [6.07, 6.45) is 0. The molecular formula is C18H20N6O2S. The fraction of sp³-hybridized carbons (Fsp3) is 0.389. The van der Waals surface area contributed by atoms with Crippen molar-refractivity contribution in [3.8, 4) is 10.6 Å². The van der Waals surface area contributed by atoms with E-state index in [1.54, 1.807) is 0 Å². The third kappa shape index (κ3) is 3.18. The number of ether oxygens (including phenoxy) is 1. The molecular weight excluding hydrogens is 364 g/mol. The number of aromatic amines is 1. The van der Waals surface area contributed by atoms with Crippen molar-refractivity contribution in [1.29, 1.82) is 0 Å². The molecule has 0 radical (unpaired) electrons. The maximum Gasteiger partial charge on any atom is 0.264 e. The van der Waals surface area contributed by atoms with Crippen molar-refractivity contribution in [1.82, 2.24) is 20.3 Å². The minimum absolute atomic E-state index is 0.166. The first-order valence-corrected chi connectivity index (χ1v) is 9.90. The van der Waals surface area contributed by atoms with Crippen LogP contribution in [0.25, 0.3) is 20.8 Å². The summed E-state index contributed by atoms with van der Waals surface area (Å²) >= 11 is 1.51. The second-order valence-corrected chi connectivity index (χ2v) is 7.73. The van der Waals surface area contributed by atoms with Gasteiger partial charge in [-0.2, -0.15) is 4.98 Å². The molecule has 2 aliphatic heterocycles. The van der Waals surface area contributed by atoms with Gasteiger partial charge in [-0.15, -0.1) is 11.3 Å². The predicted molar refractivity (Wildman–Crippen MR) is 107 cm³/mol. The standard InChI is InChI=1S/C18H20N6O2S/c25-16-14(17-21-12-3-1-2-4-13(12)27-17)15(20-11-9-19-10-11)22-18(23-16)24-5-7-26-8-6-24/h1-4,11,19H,5-10H2,(H2,20,22,23,25). The van der Waals surface area contributed by atoms with Crippen LogP contribution in [0.15, 0.2) is 29.1 Å². The minimum atomic E-state index is -0.166. The highest BCUT2D eigenvalue weighted by Gasteiger charge is 2.24. The number of hydrogen-bond donors (Lipinski definition) is 3. The summed E-state index contributed by atoms with van der Waals surface area (Å²) in [5.41, 5.74) is 1.24. The van der Waals surface area contributed by atoms with E-state index in [9.17, 15) is 4.79 Å². The number of fused-ring (bicyclic) bond motifs is 1. The Labute approximate surface area is 159 Å². The van der Waals surface area contributed by atoms with Gasteiger partial charge in [0.25, 0.3) is 5.56 Å². The Kier molecular flexibility index (Phi) is 4.27. The van der Waals surface area contributed by atoms with Crippen molar-refractivity contribution in [2.24, 2.45) is 0 Å². The van der Waals surface area contributed by atoms with E-state index in [1.807, 2.05) is 24.3 Å². The lowest BCUT2D eigenvalue weighted by Gasteiger charge is -2.30. The number of aromatic nitrogens is 3. The Morgan fingerprint density at radius 1 is 1.19 bits per heavy atom. The van der Waals surface area contributed by atoms with Crippen LogP contribution >= 0.6 is 11.3 Å².